The first-order chi connectivity index (χ1) is 21.3. The van der Waals surface area contributed by atoms with E-state index >= 15 is 0 Å². The number of halogens is 2. The van der Waals surface area contributed by atoms with Gasteiger partial charge < -0.3 is 24.1 Å². The van der Waals surface area contributed by atoms with E-state index in [4.69, 9.17) is 10.00 Å². The van der Waals surface area contributed by atoms with Crippen molar-refractivity contribution in [2.75, 3.05) is 0 Å². The first kappa shape index (κ1) is 32.4. The van der Waals surface area contributed by atoms with Crippen LogP contribution >= 0.6 is 12.4 Å². The van der Waals surface area contributed by atoms with Crippen molar-refractivity contribution in [1.82, 2.24) is 19.1 Å². The lowest BCUT2D eigenvalue weighted by Gasteiger charge is -2.14. The van der Waals surface area contributed by atoms with Crippen molar-refractivity contribution in [3.63, 3.8) is 0 Å². The van der Waals surface area contributed by atoms with Gasteiger partial charge in [-0.3, -0.25) is 0 Å². The van der Waals surface area contributed by atoms with Crippen molar-refractivity contribution in [2.24, 2.45) is 14.1 Å². The fraction of sp³-hybridized carbons (Fsp3) is 0.118. The van der Waals surface area contributed by atoms with E-state index in [0.29, 0.717) is 39.6 Å². The number of rotatable bonds is 6. The molecule has 0 aliphatic heterocycles. The number of hydrogen-bond donors (Lipinski definition) is 2. The van der Waals surface area contributed by atoms with Gasteiger partial charge in [-0.25, -0.2) is 14.4 Å². The maximum atomic E-state index is 13.4. The van der Waals surface area contributed by atoms with E-state index in [9.17, 15) is 19.9 Å². The van der Waals surface area contributed by atoms with Gasteiger partial charge in [-0.2, -0.15) is 10.5 Å². The Morgan fingerprint density at radius 3 is 1.82 bits per heavy atom. The molecule has 4 aromatic carbocycles. The molecule has 2 unspecified atom stereocenters. The van der Waals surface area contributed by atoms with E-state index in [0.717, 1.165) is 16.8 Å². The number of aryl methyl sites for hydroxylation is 2. The first-order valence-electron chi connectivity index (χ1n) is 13.5. The van der Waals surface area contributed by atoms with Gasteiger partial charge in [0.05, 0.1) is 47.6 Å². The molecule has 2 atom stereocenters. The molecule has 0 aliphatic carbocycles. The Balaban J connectivity index is 0.000000222. The second-order valence-corrected chi connectivity index (χ2v) is 9.99. The minimum Gasteiger partial charge on any atom is -0.456 e. The van der Waals surface area contributed by atoms with E-state index in [2.05, 4.69) is 16.0 Å². The number of imidazole rings is 2. The summed E-state index contributed by atoms with van der Waals surface area (Å²) in [6.07, 6.45) is 4.51. The summed E-state index contributed by atoms with van der Waals surface area (Å²) < 4.78 is 22.8. The lowest BCUT2D eigenvalue weighted by atomic mass is 10.0. The molecule has 9 nitrogen and oxygen atoms in total. The van der Waals surface area contributed by atoms with Gasteiger partial charge >= 0.3 is 0 Å². The average molecular weight is 623 g/mol. The van der Waals surface area contributed by atoms with Gasteiger partial charge in [0.1, 0.15) is 41.7 Å². The number of aromatic nitrogens is 4. The fourth-order valence-corrected chi connectivity index (χ4v) is 4.64. The third-order valence-electron chi connectivity index (χ3n) is 7.09. The molecular formula is C34H28ClFN6O3. The Morgan fingerprint density at radius 1 is 0.733 bits per heavy atom. The molecule has 0 radical (unpaired) electrons. The van der Waals surface area contributed by atoms with Gasteiger partial charge in [0.2, 0.25) is 0 Å². The standard InChI is InChI=1S/C22H17N3O2.C12H10FN3O.ClH/c1-25-14-24-13-20(25)22(26)17-6-7-18(12-23)21(11-17)27-19-9-8-15-4-2-3-5-16(15)10-19;1-16-7-15-6-11(16)12(17)8-2-3-9(5-14)10(13)4-8;/h2-11,13-14,22,26H,1H3;2-4,6-7,12,17H,1H3;1H. The lowest BCUT2D eigenvalue weighted by molar-refractivity contribution is 0.211. The molecule has 0 bridgehead atoms. The molecular weight excluding hydrogens is 595 g/mol. The molecule has 0 fully saturated rings. The monoisotopic (exact) mass is 622 g/mol. The van der Waals surface area contributed by atoms with E-state index in [1.165, 1.54) is 18.3 Å². The molecule has 0 saturated carbocycles. The molecule has 226 valence electrons. The van der Waals surface area contributed by atoms with Gasteiger partial charge in [0, 0.05) is 14.1 Å². The number of aliphatic hydroxyl groups excluding tert-OH is 2. The number of ether oxygens (including phenoxy) is 1. The predicted molar refractivity (Wildman–Crippen MR) is 168 cm³/mol. The molecule has 0 aliphatic rings. The molecule has 6 aromatic rings. The number of hydrogen-bond acceptors (Lipinski definition) is 7. The summed E-state index contributed by atoms with van der Waals surface area (Å²) in [5, 5.41) is 40.9. The smallest absolute Gasteiger partial charge is 0.145 e. The minimum absolute atomic E-state index is 0. The molecule has 11 heteroatoms. The molecule has 45 heavy (non-hydrogen) atoms. The minimum atomic E-state index is -0.954. The van der Waals surface area contributed by atoms with Gasteiger partial charge in [0.15, 0.2) is 0 Å². The van der Waals surface area contributed by atoms with Crippen molar-refractivity contribution < 1.29 is 19.3 Å². The number of fused-ring (bicyclic) bond motifs is 1. The average Bonchev–Trinajstić information content (AvgIpc) is 3.68. The quantitative estimate of drug-likeness (QED) is 0.224. The number of nitriles is 2. The van der Waals surface area contributed by atoms with E-state index in [1.54, 1.807) is 59.3 Å². The van der Waals surface area contributed by atoms with Crippen LogP contribution < -0.4 is 4.74 Å². The van der Waals surface area contributed by atoms with Crippen molar-refractivity contribution in [3.05, 3.63) is 143 Å². The van der Waals surface area contributed by atoms with Gasteiger partial charge in [-0.05, 0) is 58.3 Å². The van der Waals surface area contributed by atoms with Crippen molar-refractivity contribution >= 4 is 23.2 Å². The third kappa shape index (κ3) is 7.18. The molecule has 2 N–H and O–H groups in total. The topological polar surface area (TPSA) is 133 Å². The summed E-state index contributed by atoms with van der Waals surface area (Å²) in [5.74, 6) is 0.412. The maximum absolute atomic E-state index is 13.4. The van der Waals surface area contributed by atoms with Crippen LogP contribution in [-0.2, 0) is 14.1 Å². The Labute approximate surface area is 265 Å². The zero-order valence-electron chi connectivity index (χ0n) is 24.2. The second-order valence-electron chi connectivity index (χ2n) is 9.99. The van der Waals surface area contributed by atoms with E-state index in [-0.39, 0.29) is 18.0 Å². The summed E-state index contributed by atoms with van der Waals surface area (Å²) in [7, 11) is 3.56. The van der Waals surface area contributed by atoms with Crippen LogP contribution in [-0.4, -0.2) is 29.3 Å². The third-order valence-corrected chi connectivity index (χ3v) is 7.09. The zero-order chi connectivity index (χ0) is 31.2. The van der Waals surface area contributed by atoms with Crippen LogP contribution in [0.1, 0.15) is 45.8 Å². The summed E-state index contributed by atoms with van der Waals surface area (Å²) in [5.41, 5.74) is 2.62. The molecule has 6 rings (SSSR count). The van der Waals surface area contributed by atoms with Crippen LogP contribution in [0.3, 0.4) is 0 Å². The van der Waals surface area contributed by atoms with Crippen LogP contribution in [0.4, 0.5) is 4.39 Å². The van der Waals surface area contributed by atoms with Crippen LogP contribution in [0.15, 0.2) is 104 Å². The highest BCUT2D eigenvalue weighted by molar-refractivity contribution is 5.85. The fourth-order valence-electron chi connectivity index (χ4n) is 4.64. The first-order valence-corrected chi connectivity index (χ1v) is 13.5. The Morgan fingerprint density at radius 2 is 1.29 bits per heavy atom. The molecule has 2 heterocycles. The summed E-state index contributed by atoms with van der Waals surface area (Å²) in [6, 6.07) is 26.8. The van der Waals surface area contributed by atoms with Crippen LogP contribution in [0.25, 0.3) is 10.8 Å². The normalized spacial score (nSPS) is 11.7. The van der Waals surface area contributed by atoms with Gasteiger partial charge in [-0.15, -0.1) is 12.4 Å². The number of aliphatic hydroxyl groups is 2. The Kier molecular flexibility index (Phi) is 10.3. The summed E-state index contributed by atoms with van der Waals surface area (Å²) >= 11 is 0. The highest BCUT2D eigenvalue weighted by Crippen LogP contribution is 2.32. The highest BCUT2D eigenvalue weighted by atomic mass is 35.5. The van der Waals surface area contributed by atoms with Gasteiger partial charge in [-0.1, -0.05) is 42.5 Å². The van der Waals surface area contributed by atoms with Gasteiger partial charge in [0.25, 0.3) is 0 Å². The summed E-state index contributed by atoms with van der Waals surface area (Å²) in [6.45, 7) is 0. The summed E-state index contributed by atoms with van der Waals surface area (Å²) in [4.78, 5) is 7.92. The predicted octanol–water partition coefficient (Wildman–Crippen LogP) is 6.25. The molecule has 0 saturated heterocycles. The SMILES string of the molecule is Cl.Cn1cncc1C(O)c1ccc(C#N)c(F)c1.Cn1cncc1C(O)c1ccc(C#N)c(Oc2ccc3ccccc3c2)c1. The Hall–Kier alpha value is -5.52. The Bertz CT molecular complexity index is 2030. The largest absolute Gasteiger partial charge is 0.456 e. The second kappa shape index (κ2) is 14.3. The van der Waals surface area contributed by atoms with Crippen molar-refractivity contribution in [1.29, 1.82) is 10.5 Å². The molecule has 0 spiro atoms. The number of benzene rings is 4. The van der Waals surface area contributed by atoms with E-state index < -0.39 is 18.0 Å². The van der Waals surface area contributed by atoms with E-state index in [1.807, 2.05) is 49.5 Å². The van der Waals surface area contributed by atoms with Crippen LogP contribution in [0.2, 0.25) is 0 Å². The van der Waals surface area contributed by atoms with Crippen LogP contribution in [0.5, 0.6) is 11.5 Å². The molecule has 0 amide bonds. The number of nitrogens with zero attached hydrogens (tertiary/aromatic N) is 6. The van der Waals surface area contributed by atoms with Crippen LogP contribution in [0, 0.1) is 28.5 Å². The lowest BCUT2D eigenvalue weighted by Crippen LogP contribution is -2.05. The zero-order valence-corrected chi connectivity index (χ0v) is 25.1. The van der Waals surface area contributed by atoms with Crippen molar-refractivity contribution in [3.8, 4) is 23.6 Å². The highest BCUT2D eigenvalue weighted by Gasteiger charge is 2.17. The van der Waals surface area contributed by atoms with Crippen molar-refractivity contribution in [2.45, 2.75) is 12.2 Å². The molecule has 2 aromatic heterocycles. The maximum Gasteiger partial charge on any atom is 0.145 e.